The van der Waals surface area contributed by atoms with E-state index in [1.807, 2.05) is 7.05 Å². The highest BCUT2D eigenvalue weighted by atomic mass is 35.5. The number of piperidine rings is 1. The molecule has 1 aliphatic rings. The molecular formula is C13H21ClN4. The van der Waals surface area contributed by atoms with Crippen LogP contribution in [0.3, 0.4) is 0 Å². The van der Waals surface area contributed by atoms with Gasteiger partial charge in [0.05, 0.1) is 0 Å². The maximum Gasteiger partial charge on any atom is 0.157 e. The summed E-state index contributed by atoms with van der Waals surface area (Å²) < 4.78 is 0. The highest BCUT2D eigenvalue weighted by Gasteiger charge is 2.31. The summed E-state index contributed by atoms with van der Waals surface area (Å²) in [5, 5.41) is 3.60. The lowest BCUT2D eigenvalue weighted by Gasteiger charge is -2.41. The lowest BCUT2D eigenvalue weighted by Crippen LogP contribution is -2.42. The fraction of sp³-hybridized carbons (Fsp3) is 0.692. The van der Waals surface area contributed by atoms with Crippen LogP contribution in [0.2, 0.25) is 5.15 Å². The average Bonchev–Trinajstić information content (AvgIpc) is 2.38. The molecule has 4 nitrogen and oxygen atoms in total. The van der Waals surface area contributed by atoms with Crippen molar-refractivity contribution in [3.63, 3.8) is 0 Å². The number of hydrogen-bond acceptors (Lipinski definition) is 4. The summed E-state index contributed by atoms with van der Waals surface area (Å²) in [7, 11) is 1.86. The van der Waals surface area contributed by atoms with Gasteiger partial charge in [0, 0.05) is 20.1 Å². The molecule has 0 aliphatic carbocycles. The van der Waals surface area contributed by atoms with Gasteiger partial charge < -0.3 is 10.2 Å². The largest absolute Gasteiger partial charge is 0.383 e. The van der Waals surface area contributed by atoms with E-state index >= 15 is 0 Å². The molecule has 0 spiro atoms. The van der Waals surface area contributed by atoms with Crippen molar-refractivity contribution in [2.24, 2.45) is 5.41 Å². The number of nitrogens with one attached hydrogen (secondary N) is 1. The Balaban J connectivity index is 2.29. The Hall–Kier alpha value is -1.03. The molecule has 1 fully saturated rings. The van der Waals surface area contributed by atoms with E-state index in [4.69, 9.17) is 11.6 Å². The first-order chi connectivity index (χ1) is 8.59. The third kappa shape index (κ3) is 2.53. The van der Waals surface area contributed by atoms with E-state index in [2.05, 4.69) is 34.0 Å². The van der Waals surface area contributed by atoms with Crippen molar-refractivity contribution in [1.82, 2.24) is 9.97 Å². The second-order valence-electron chi connectivity index (χ2n) is 5.30. The summed E-state index contributed by atoms with van der Waals surface area (Å²) in [4.78, 5) is 10.8. The molecule has 1 aromatic rings. The van der Waals surface area contributed by atoms with Crippen molar-refractivity contribution >= 4 is 23.1 Å². The Labute approximate surface area is 114 Å². The SMILES string of the molecule is CCC1(C)CCCN(c2ncnc(Cl)c2NC)C1. The summed E-state index contributed by atoms with van der Waals surface area (Å²) in [6.07, 6.45) is 5.22. The second-order valence-corrected chi connectivity index (χ2v) is 5.66. The molecule has 5 heteroatoms. The van der Waals surface area contributed by atoms with Crippen LogP contribution in [0.25, 0.3) is 0 Å². The summed E-state index contributed by atoms with van der Waals surface area (Å²) in [5.41, 5.74) is 1.21. The zero-order chi connectivity index (χ0) is 13.2. The average molecular weight is 269 g/mol. The monoisotopic (exact) mass is 268 g/mol. The van der Waals surface area contributed by atoms with Crippen molar-refractivity contribution in [3.05, 3.63) is 11.5 Å². The van der Waals surface area contributed by atoms with E-state index < -0.39 is 0 Å². The molecule has 1 N–H and O–H groups in total. The van der Waals surface area contributed by atoms with Gasteiger partial charge in [0.25, 0.3) is 0 Å². The Kier molecular flexibility index (Phi) is 3.95. The van der Waals surface area contributed by atoms with Crippen molar-refractivity contribution in [3.8, 4) is 0 Å². The highest BCUT2D eigenvalue weighted by molar-refractivity contribution is 6.32. The van der Waals surface area contributed by atoms with E-state index in [1.165, 1.54) is 25.6 Å². The number of hydrogen-bond donors (Lipinski definition) is 1. The van der Waals surface area contributed by atoms with Gasteiger partial charge in [0.15, 0.2) is 11.0 Å². The molecule has 0 radical (unpaired) electrons. The predicted octanol–water partition coefficient (Wildman–Crippen LogP) is 3.19. The zero-order valence-corrected chi connectivity index (χ0v) is 12.1. The number of nitrogens with zero attached hydrogens (tertiary/aromatic N) is 3. The molecule has 18 heavy (non-hydrogen) atoms. The van der Waals surface area contributed by atoms with Gasteiger partial charge in [-0.2, -0.15) is 0 Å². The van der Waals surface area contributed by atoms with E-state index in [9.17, 15) is 0 Å². The molecule has 1 unspecified atom stereocenters. The standard InChI is InChI=1S/C13H21ClN4/c1-4-13(2)6-5-7-18(8-13)12-10(15-3)11(14)16-9-17-12/h9,15H,4-8H2,1-3H3. The second kappa shape index (κ2) is 5.31. The van der Waals surface area contributed by atoms with Gasteiger partial charge in [-0.05, 0) is 24.7 Å². The van der Waals surface area contributed by atoms with Gasteiger partial charge in [0.1, 0.15) is 12.0 Å². The predicted molar refractivity (Wildman–Crippen MR) is 76.4 cm³/mol. The highest BCUT2D eigenvalue weighted by Crippen LogP contribution is 2.37. The van der Waals surface area contributed by atoms with E-state index in [1.54, 1.807) is 0 Å². The molecule has 2 rings (SSSR count). The molecule has 100 valence electrons. The number of aromatic nitrogens is 2. The van der Waals surface area contributed by atoms with Crippen LogP contribution in [0.5, 0.6) is 0 Å². The van der Waals surface area contributed by atoms with Gasteiger partial charge >= 0.3 is 0 Å². The van der Waals surface area contributed by atoms with Crippen molar-refractivity contribution in [2.45, 2.75) is 33.1 Å². The molecule has 1 atom stereocenters. The van der Waals surface area contributed by atoms with Gasteiger partial charge in [-0.1, -0.05) is 25.4 Å². The Morgan fingerprint density at radius 1 is 1.50 bits per heavy atom. The lowest BCUT2D eigenvalue weighted by atomic mass is 9.79. The topological polar surface area (TPSA) is 41.1 Å². The van der Waals surface area contributed by atoms with Crippen LogP contribution in [-0.4, -0.2) is 30.1 Å². The maximum atomic E-state index is 6.11. The molecule has 1 aromatic heterocycles. The Bertz CT molecular complexity index is 423. The van der Waals surface area contributed by atoms with E-state index in [0.717, 1.165) is 24.6 Å². The van der Waals surface area contributed by atoms with Gasteiger partial charge in [-0.3, -0.25) is 0 Å². The molecule has 1 saturated heterocycles. The first-order valence-corrected chi connectivity index (χ1v) is 6.90. The van der Waals surface area contributed by atoms with Crippen LogP contribution in [-0.2, 0) is 0 Å². The number of anilines is 2. The third-order valence-electron chi connectivity index (χ3n) is 3.97. The molecule has 0 bridgehead atoms. The fourth-order valence-corrected chi connectivity index (χ4v) is 2.82. The van der Waals surface area contributed by atoms with Crippen molar-refractivity contribution < 1.29 is 0 Å². The van der Waals surface area contributed by atoms with Crippen LogP contribution in [0.4, 0.5) is 11.5 Å². The molecule has 0 aromatic carbocycles. The Morgan fingerprint density at radius 3 is 2.94 bits per heavy atom. The number of rotatable bonds is 3. The molecule has 0 saturated carbocycles. The van der Waals surface area contributed by atoms with E-state index in [0.29, 0.717) is 10.6 Å². The quantitative estimate of drug-likeness (QED) is 0.855. The normalized spacial score (nSPS) is 24.1. The first-order valence-electron chi connectivity index (χ1n) is 6.53. The summed E-state index contributed by atoms with van der Waals surface area (Å²) in [6, 6.07) is 0. The summed E-state index contributed by atoms with van der Waals surface area (Å²) in [5.74, 6) is 0.928. The van der Waals surface area contributed by atoms with Crippen LogP contribution < -0.4 is 10.2 Å². The van der Waals surface area contributed by atoms with E-state index in [-0.39, 0.29) is 0 Å². The summed E-state index contributed by atoms with van der Waals surface area (Å²) in [6.45, 7) is 6.68. The molecule has 1 aliphatic heterocycles. The minimum absolute atomic E-state index is 0.376. The molecular weight excluding hydrogens is 248 g/mol. The third-order valence-corrected chi connectivity index (χ3v) is 4.25. The van der Waals surface area contributed by atoms with Crippen molar-refractivity contribution in [2.75, 3.05) is 30.4 Å². The fourth-order valence-electron chi connectivity index (χ4n) is 2.60. The van der Waals surface area contributed by atoms with Crippen molar-refractivity contribution in [1.29, 1.82) is 0 Å². The smallest absolute Gasteiger partial charge is 0.157 e. The Morgan fingerprint density at radius 2 is 2.28 bits per heavy atom. The maximum absolute atomic E-state index is 6.11. The minimum atomic E-state index is 0.376. The molecule has 0 amide bonds. The summed E-state index contributed by atoms with van der Waals surface area (Å²) >= 11 is 6.11. The van der Waals surface area contributed by atoms with Crippen LogP contribution in [0.15, 0.2) is 6.33 Å². The minimum Gasteiger partial charge on any atom is -0.383 e. The number of halogens is 1. The van der Waals surface area contributed by atoms with Gasteiger partial charge in [-0.15, -0.1) is 0 Å². The van der Waals surface area contributed by atoms with Gasteiger partial charge in [0.2, 0.25) is 0 Å². The van der Waals surface area contributed by atoms with Crippen LogP contribution in [0, 0.1) is 5.41 Å². The van der Waals surface area contributed by atoms with Gasteiger partial charge in [-0.25, -0.2) is 9.97 Å². The first kappa shape index (κ1) is 13.4. The zero-order valence-electron chi connectivity index (χ0n) is 11.3. The van der Waals surface area contributed by atoms with Crippen LogP contribution >= 0.6 is 11.6 Å². The molecule has 2 heterocycles. The lowest BCUT2D eigenvalue weighted by molar-refractivity contribution is 0.251. The van der Waals surface area contributed by atoms with Crippen LogP contribution in [0.1, 0.15) is 33.1 Å².